The summed E-state index contributed by atoms with van der Waals surface area (Å²) in [4.78, 5) is 29.6. The van der Waals surface area contributed by atoms with Crippen LogP contribution in [0.3, 0.4) is 0 Å². The average molecular weight is 447 g/mol. The number of carbonyl (C=O) groups excluding carboxylic acids is 2. The van der Waals surface area contributed by atoms with Gasteiger partial charge in [0.1, 0.15) is 17.4 Å². The van der Waals surface area contributed by atoms with Crippen molar-refractivity contribution in [1.82, 2.24) is 5.32 Å². The third-order valence-corrected chi connectivity index (χ3v) is 6.05. The van der Waals surface area contributed by atoms with Gasteiger partial charge in [-0.3, -0.25) is 9.59 Å². The van der Waals surface area contributed by atoms with Gasteiger partial charge in [0.05, 0.1) is 13.2 Å². The molecule has 0 aliphatic carbocycles. The van der Waals surface area contributed by atoms with Gasteiger partial charge >= 0.3 is 6.18 Å². The van der Waals surface area contributed by atoms with E-state index in [0.29, 0.717) is 17.5 Å². The molecule has 0 aromatic heterocycles. The number of nitrogens with zero attached hydrogens (tertiary/aromatic N) is 1. The minimum absolute atomic E-state index is 0.544. The highest BCUT2D eigenvalue weighted by Crippen LogP contribution is 2.46. The number of alkyl halides is 3. The number of methoxy groups -OCH3 is 1. The molecule has 2 unspecified atom stereocenters. The van der Waals surface area contributed by atoms with Crippen LogP contribution in [0, 0.1) is 5.92 Å². The normalized spacial score (nSPS) is 19.9. The van der Waals surface area contributed by atoms with Crippen LogP contribution in [0.5, 0.6) is 5.75 Å². The molecule has 0 spiro atoms. The highest BCUT2D eigenvalue weighted by Gasteiger charge is 2.39. The van der Waals surface area contributed by atoms with Crippen LogP contribution in [-0.2, 0) is 9.59 Å². The monoisotopic (exact) mass is 447 g/mol. The first kappa shape index (κ1) is 21.0. The second-order valence-corrected chi connectivity index (χ2v) is 8.00. The molecule has 0 saturated carbocycles. The van der Waals surface area contributed by atoms with Crippen LogP contribution in [-0.4, -0.2) is 30.8 Å². The molecule has 4 rings (SSSR count). The molecule has 160 valence electrons. The number of aliphatic imine (C=N–C) groups is 1. The highest BCUT2D eigenvalue weighted by atomic mass is 32.2. The van der Waals surface area contributed by atoms with Crippen molar-refractivity contribution >= 4 is 35.0 Å². The van der Waals surface area contributed by atoms with Crippen molar-refractivity contribution in [2.24, 2.45) is 10.9 Å². The van der Waals surface area contributed by atoms with Gasteiger partial charge in [-0.25, -0.2) is 4.99 Å². The van der Waals surface area contributed by atoms with E-state index in [9.17, 15) is 22.8 Å². The summed E-state index contributed by atoms with van der Waals surface area (Å²) in [5.41, 5.74) is 6.65. The maximum Gasteiger partial charge on any atom is 0.433 e. The Morgan fingerprint density at radius 3 is 2.48 bits per heavy atom. The van der Waals surface area contributed by atoms with Crippen LogP contribution in [0.15, 0.2) is 63.3 Å². The minimum Gasteiger partial charge on any atom is -0.497 e. The van der Waals surface area contributed by atoms with Crippen molar-refractivity contribution in [2.45, 2.75) is 22.0 Å². The number of carbonyl (C=O) groups is 2. The number of hydrogen-bond acceptors (Lipinski definition) is 5. The van der Waals surface area contributed by atoms with Crippen molar-refractivity contribution in [1.29, 1.82) is 0 Å². The first-order valence-electron chi connectivity index (χ1n) is 9.11. The lowest BCUT2D eigenvalue weighted by molar-refractivity contribution is -0.132. The number of hydrogen-bond donors (Lipinski definition) is 2. The lowest BCUT2D eigenvalue weighted by atomic mass is 9.95. The van der Waals surface area contributed by atoms with E-state index in [1.165, 1.54) is 18.9 Å². The molecule has 2 aliphatic rings. The Balaban J connectivity index is 1.66. The van der Waals surface area contributed by atoms with Crippen molar-refractivity contribution < 1.29 is 27.5 Å². The van der Waals surface area contributed by atoms with E-state index >= 15 is 0 Å². The Bertz CT molecular complexity index is 1140. The lowest BCUT2D eigenvalue weighted by Crippen LogP contribution is -2.39. The third kappa shape index (κ3) is 4.02. The van der Waals surface area contributed by atoms with Gasteiger partial charge in [-0.2, -0.15) is 13.2 Å². The second-order valence-electron chi connectivity index (χ2n) is 6.91. The molecule has 31 heavy (non-hydrogen) atoms. The largest absolute Gasteiger partial charge is 0.497 e. The Kier molecular flexibility index (Phi) is 5.26. The van der Waals surface area contributed by atoms with Gasteiger partial charge < -0.3 is 15.8 Å². The molecule has 6 nitrogen and oxygen atoms in total. The molecule has 0 radical (unpaired) electrons. The predicted molar refractivity (Wildman–Crippen MR) is 109 cm³/mol. The first-order chi connectivity index (χ1) is 14.7. The molecule has 0 bridgehead atoms. The molecule has 2 heterocycles. The van der Waals surface area contributed by atoms with E-state index in [2.05, 4.69) is 10.3 Å². The zero-order chi connectivity index (χ0) is 22.3. The maximum absolute atomic E-state index is 12.9. The number of nitrogens with one attached hydrogen (secondary N) is 1. The molecular weight excluding hydrogens is 431 g/mol. The predicted octanol–water partition coefficient (Wildman–Crippen LogP) is 3.66. The van der Waals surface area contributed by atoms with Crippen molar-refractivity contribution in [3.05, 3.63) is 59.7 Å². The summed E-state index contributed by atoms with van der Waals surface area (Å²) in [6.07, 6.45) is -3.19. The number of nitrogen functional groups attached to an aromatic ring is 1. The Morgan fingerprint density at radius 1 is 1.16 bits per heavy atom. The van der Waals surface area contributed by atoms with Crippen molar-refractivity contribution in [3.63, 3.8) is 0 Å². The van der Waals surface area contributed by atoms with Crippen LogP contribution in [0.2, 0.25) is 0 Å². The van der Waals surface area contributed by atoms with Gasteiger partial charge in [0.25, 0.3) is 5.91 Å². The second kappa shape index (κ2) is 7.77. The summed E-state index contributed by atoms with van der Waals surface area (Å²) in [6.45, 7) is 0. The number of anilines is 1. The fraction of sp³-hybridized carbons (Fsp3) is 0.190. The van der Waals surface area contributed by atoms with E-state index in [-0.39, 0.29) is 0 Å². The summed E-state index contributed by atoms with van der Waals surface area (Å²) >= 11 is 1.46. The van der Waals surface area contributed by atoms with E-state index in [1.807, 2.05) is 6.07 Å². The summed E-state index contributed by atoms with van der Waals surface area (Å²) in [5, 5.41) is 2.79. The standard InChI is InChI=1S/C21H16F3N3O3S/c1-30-11-3-5-13-16(9-11)31-15-8-10(25)2-4-12(15)18(13)27-20(29)14-6-7-17(21(22,23)24)26-19(14)28/h2-9,14,18H,25H2,1H3,(H,27,29). The van der Waals surface area contributed by atoms with E-state index in [0.717, 1.165) is 27.0 Å². The highest BCUT2D eigenvalue weighted by molar-refractivity contribution is 7.99. The van der Waals surface area contributed by atoms with Crippen molar-refractivity contribution in [2.75, 3.05) is 12.8 Å². The summed E-state index contributed by atoms with van der Waals surface area (Å²) in [7, 11) is 1.54. The molecule has 2 aromatic rings. The molecule has 10 heteroatoms. The topological polar surface area (TPSA) is 93.8 Å². The van der Waals surface area contributed by atoms with E-state index in [1.54, 1.807) is 30.3 Å². The Hall–Kier alpha value is -3.27. The van der Waals surface area contributed by atoms with Gasteiger partial charge in [-0.1, -0.05) is 30.0 Å². The van der Waals surface area contributed by atoms with Gasteiger partial charge in [0, 0.05) is 15.5 Å². The SMILES string of the molecule is COc1ccc2c(c1)Sc1cc(N)ccc1C2NC(=O)C1C=CC(C(F)(F)F)=NC1=O. The molecule has 2 aromatic carbocycles. The van der Waals surface area contributed by atoms with Gasteiger partial charge in [-0.15, -0.1) is 0 Å². The van der Waals surface area contributed by atoms with Crippen LogP contribution >= 0.6 is 11.8 Å². The van der Waals surface area contributed by atoms with Crippen LogP contribution < -0.4 is 15.8 Å². The molecule has 2 atom stereocenters. The van der Waals surface area contributed by atoms with Crippen LogP contribution in [0.25, 0.3) is 0 Å². The van der Waals surface area contributed by atoms with Crippen LogP contribution in [0.4, 0.5) is 18.9 Å². The quantitative estimate of drug-likeness (QED) is 0.553. The Labute approximate surface area is 179 Å². The van der Waals surface area contributed by atoms with Gasteiger partial charge in [-0.05, 0) is 41.5 Å². The zero-order valence-electron chi connectivity index (χ0n) is 16.1. The van der Waals surface area contributed by atoms with Gasteiger partial charge in [0.2, 0.25) is 5.91 Å². The number of benzene rings is 2. The van der Waals surface area contributed by atoms with E-state index in [4.69, 9.17) is 10.5 Å². The number of ether oxygens (including phenoxy) is 1. The third-order valence-electron chi connectivity index (χ3n) is 4.90. The number of amides is 2. The molecule has 3 N–H and O–H groups in total. The maximum atomic E-state index is 12.9. The molecule has 2 aliphatic heterocycles. The number of fused-ring (bicyclic) bond motifs is 2. The van der Waals surface area contributed by atoms with Crippen molar-refractivity contribution in [3.8, 4) is 5.75 Å². The van der Waals surface area contributed by atoms with Gasteiger partial charge in [0.15, 0.2) is 0 Å². The lowest BCUT2D eigenvalue weighted by Gasteiger charge is -2.30. The van der Waals surface area contributed by atoms with E-state index < -0.39 is 35.7 Å². The molecular formula is C21H16F3N3O3S. The first-order valence-corrected chi connectivity index (χ1v) is 9.92. The summed E-state index contributed by atoms with van der Waals surface area (Å²) in [5.74, 6) is -2.72. The number of allylic oxidation sites excluding steroid dienone is 1. The number of rotatable bonds is 3. The number of nitrogens with two attached hydrogens (primary N) is 1. The van der Waals surface area contributed by atoms with Crippen LogP contribution in [0.1, 0.15) is 17.2 Å². The summed E-state index contributed by atoms with van der Waals surface area (Å²) < 4.78 is 43.6. The summed E-state index contributed by atoms with van der Waals surface area (Å²) in [6, 6.07) is 9.96. The Morgan fingerprint density at radius 2 is 1.84 bits per heavy atom. The number of halogens is 3. The number of dihydropyridines is 1. The molecule has 2 amide bonds. The zero-order valence-corrected chi connectivity index (χ0v) is 16.9. The molecule has 0 saturated heterocycles. The molecule has 0 fully saturated rings. The fourth-order valence-electron chi connectivity index (χ4n) is 3.37. The minimum atomic E-state index is -4.76. The fourth-order valence-corrected chi connectivity index (χ4v) is 4.59. The average Bonchev–Trinajstić information content (AvgIpc) is 2.72. The smallest absolute Gasteiger partial charge is 0.433 e.